The second-order valence-corrected chi connectivity index (χ2v) is 5.17. The summed E-state index contributed by atoms with van der Waals surface area (Å²) in [4.78, 5) is 14.6. The molecule has 0 radical (unpaired) electrons. The Bertz CT molecular complexity index is 594. The molecule has 0 bridgehead atoms. The largest absolute Gasteiger partial charge is 0.399 e. The minimum atomic E-state index is 0.0446. The molecule has 104 valence electrons. The summed E-state index contributed by atoms with van der Waals surface area (Å²) in [7, 11) is 0. The number of H-pyrrole nitrogens is 1. The van der Waals surface area contributed by atoms with Gasteiger partial charge in [-0.1, -0.05) is 6.07 Å². The van der Waals surface area contributed by atoms with Gasteiger partial charge in [-0.3, -0.25) is 9.89 Å². The van der Waals surface area contributed by atoms with E-state index in [1.165, 1.54) is 0 Å². The molecule has 3 N–H and O–H groups in total. The van der Waals surface area contributed by atoms with Crippen molar-refractivity contribution in [3.63, 3.8) is 0 Å². The van der Waals surface area contributed by atoms with Crippen molar-refractivity contribution < 1.29 is 4.79 Å². The lowest BCUT2D eigenvalue weighted by molar-refractivity contribution is 0.0611. The van der Waals surface area contributed by atoms with Gasteiger partial charge in [-0.05, 0) is 37.5 Å². The maximum Gasteiger partial charge on any atom is 0.254 e. The summed E-state index contributed by atoms with van der Waals surface area (Å²) in [6, 6.07) is 7.28. The lowest BCUT2D eigenvalue weighted by atomic mass is 9.96. The predicted molar refractivity (Wildman–Crippen MR) is 77.1 cm³/mol. The molecule has 1 unspecified atom stereocenters. The summed E-state index contributed by atoms with van der Waals surface area (Å²) < 4.78 is 0. The fourth-order valence-corrected chi connectivity index (χ4v) is 2.80. The minimum absolute atomic E-state index is 0.0446. The first kappa shape index (κ1) is 12.7. The Hall–Kier alpha value is -2.30. The average molecular weight is 270 g/mol. The minimum Gasteiger partial charge on any atom is -0.399 e. The summed E-state index contributed by atoms with van der Waals surface area (Å²) >= 11 is 0. The molecule has 1 fully saturated rings. The van der Waals surface area contributed by atoms with E-state index in [9.17, 15) is 4.79 Å². The van der Waals surface area contributed by atoms with Gasteiger partial charge < -0.3 is 10.6 Å². The number of hydrogen-bond donors (Lipinski definition) is 2. The number of carbonyl (C=O) groups excluding carboxylic acids is 1. The molecular weight excluding hydrogens is 252 g/mol. The second-order valence-electron chi connectivity index (χ2n) is 5.17. The molecule has 1 amide bonds. The Labute approximate surface area is 117 Å². The maximum atomic E-state index is 12.7. The zero-order valence-electron chi connectivity index (χ0n) is 11.2. The summed E-state index contributed by atoms with van der Waals surface area (Å²) in [6.45, 7) is 0.781. The number of hydrogen-bond acceptors (Lipinski definition) is 3. The topological polar surface area (TPSA) is 75.0 Å². The number of piperidine rings is 1. The van der Waals surface area contributed by atoms with E-state index in [-0.39, 0.29) is 11.9 Å². The van der Waals surface area contributed by atoms with E-state index in [1.54, 1.807) is 18.3 Å². The van der Waals surface area contributed by atoms with Crippen LogP contribution in [0.5, 0.6) is 0 Å². The Morgan fingerprint density at radius 3 is 3.05 bits per heavy atom. The van der Waals surface area contributed by atoms with Gasteiger partial charge in [-0.2, -0.15) is 5.10 Å². The zero-order valence-corrected chi connectivity index (χ0v) is 11.2. The number of nitrogens with one attached hydrogen (secondary N) is 1. The van der Waals surface area contributed by atoms with Crippen LogP contribution in [0.1, 0.15) is 41.2 Å². The fraction of sp³-hybridized carbons (Fsp3) is 0.333. The third-order valence-corrected chi connectivity index (χ3v) is 3.80. The van der Waals surface area contributed by atoms with E-state index in [0.717, 1.165) is 31.4 Å². The monoisotopic (exact) mass is 270 g/mol. The lowest BCUT2D eigenvalue weighted by Crippen LogP contribution is -2.38. The maximum absolute atomic E-state index is 12.7. The molecule has 2 aromatic rings. The molecule has 1 atom stereocenters. The van der Waals surface area contributed by atoms with E-state index in [1.807, 2.05) is 23.2 Å². The molecular formula is C15H18N4O. The number of aromatic amines is 1. The number of nitrogens with two attached hydrogens (primary N) is 1. The molecule has 1 saturated heterocycles. The van der Waals surface area contributed by atoms with E-state index < -0.39 is 0 Å². The predicted octanol–water partition coefficient (Wildman–Crippen LogP) is 2.36. The summed E-state index contributed by atoms with van der Waals surface area (Å²) in [5, 5.41) is 6.82. The normalized spacial score (nSPS) is 19.0. The van der Waals surface area contributed by atoms with Gasteiger partial charge in [0.05, 0.1) is 12.2 Å². The molecule has 3 rings (SSSR count). The number of likely N-dealkylation sites (tertiary alicyclic amines) is 1. The van der Waals surface area contributed by atoms with Gasteiger partial charge in [0.25, 0.3) is 5.91 Å². The van der Waals surface area contributed by atoms with Crippen molar-refractivity contribution in [3.05, 3.63) is 47.8 Å². The first-order valence-electron chi connectivity index (χ1n) is 6.91. The van der Waals surface area contributed by atoms with Crippen LogP contribution < -0.4 is 5.73 Å². The van der Waals surface area contributed by atoms with Crippen molar-refractivity contribution in [2.75, 3.05) is 12.3 Å². The highest BCUT2D eigenvalue weighted by atomic mass is 16.2. The smallest absolute Gasteiger partial charge is 0.254 e. The number of aromatic nitrogens is 2. The van der Waals surface area contributed by atoms with Crippen LogP contribution in [-0.4, -0.2) is 27.5 Å². The Morgan fingerprint density at radius 2 is 2.30 bits per heavy atom. The molecule has 5 heteroatoms. The SMILES string of the molecule is Nc1cccc(C(=O)N2CCCCC2c2cn[nH]c2)c1. The highest BCUT2D eigenvalue weighted by Crippen LogP contribution is 2.31. The van der Waals surface area contributed by atoms with Gasteiger partial charge in [-0.25, -0.2) is 0 Å². The van der Waals surface area contributed by atoms with Crippen LogP contribution in [0, 0.1) is 0 Å². The first-order valence-corrected chi connectivity index (χ1v) is 6.91. The number of nitrogens with zero attached hydrogens (tertiary/aromatic N) is 2. The lowest BCUT2D eigenvalue weighted by Gasteiger charge is -2.35. The highest BCUT2D eigenvalue weighted by molar-refractivity contribution is 5.95. The van der Waals surface area contributed by atoms with Gasteiger partial charge in [-0.15, -0.1) is 0 Å². The number of anilines is 1. The van der Waals surface area contributed by atoms with E-state index in [4.69, 9.17) is 5.73 Å². The number of rotatable bonds is 2. The van der Waals surface area contributed by atoms with Gasteiger partial charge in [0, 0.05) is 29.6 Å². The molecule has 2 heterocycles. The van der Waals surface area contributed by atoms with Crippen molar-refractivity contribution >= 4 is 11.6 Å². The molecule has 0 spiro atoms. The molecule has 20 heavy (non-hydrogen) atoms. The summed E-state index contributed by atoms with van der Waals surface area (Å²) in [5.41, 5.74) is 8.11. The van der Waals surface area contributed by atoms with E-state index >= 15 is 0 Å². The van der Waals surface area contributed by atoms with Crippen LogP contribution in [0.4, 0.5) is 5.69 Å². The Balaban J connectivity index is 1.88. The van der Waals surface area contributed by atoms with Gasteiger partial charge >= 0.3 is 0 Å². The molecule has 5 nitrogen and oxygen atoms in total. The van der Waals surface area contributed by atoms with Crippen molar-refractivity contribution in [1.82, 2.24) is 15.1 Å². The highest BCUT2D eigenvalue weighted by Gasteiger charge is 2.29. The molecule has 0 saturated carbocycles. The molecule has 1 aromatic carbocycles. The van der Waals surface area contributed by atoms with Crippen LogP contribution in [0.15, 0.2) is 36.7 Å². The number of carbonyl (C=O) groups is 1. The van der Waals surface area contributed by atoms with Crippen molar-refractivity contribution in [3.8, 4) is 0 Å². The third-order valence-electron chi connectivity index (χ3n) is 3.80. The van der Waals surface area contributed by atoms with Gasteiger partial charge in [0.1, 0.15) is 0 Å². The second kappa shape index (κ2) is 5.36. The molecule has 0 aliphatic carbocycles. The average Bonchev–Trinajstić information content (AvgIpc) is 3.00. The van der Waals surface area contributed by atoms with Crippen LogP contribution in [-0.2, 0) is 0 Å². The molecule has 1 aliphatic heterocycles. The van der Waals surface area contributed by atoms with E-state index in [0.29, 0.717) is 11.3 Å². The number of benzene rings is 1. The van der Waals surface area contributed by atoms with Crippen LogP contribution in [0.25, 0.3) is 0 Å². The van der Waals surface area contributed by atoms with Gasteiger partial charge in [0.2, 0.25) is 0 Å². The Morgan fingerprint density at radius 1 is 1.40 bits per heavy atom. The quantitative estimate of drug-likeness (QED) is 0.823. The van der Waals surface area contributed by atoms with Crippen LogP contribution >= 0.6 is 0 Å². The van der Waals surface area contributed by atoms with Gasteiger partial charge in [0.15, 0.2) is 0 Å². The number of amides is 1. The third kappa shape index (κ3) is 2.39. The van der Waals surface area contributed by atoms with Crippen LogP contribution in [0.2, 0.25) is 0 Å². The fourth-order valence-electron chi connectivity index (χ4n) is 2.80. The first-order chi connectivity index (χ1) is 9.75. The Kier molecular flexibility index (Phi) is 3.41. The summed E-state index contributed by atoms with van der Waals surface area (Å²) in [5.74, 6) is 0.0446. The zero-order chi connectivity index (χ0) is 13.9. The molecule has 1 aliphatic rings. The standard InChI is InChI=1S/C15H18N4O/c16-13-5-3-4-11(8-13)15(20)19-7-2-1-6-14(19)12-9-17-18-10-12/h3-5,8-10,14H,1-2,6-7,16H2,(H,17,18). The van der Waals surface area contributed by atoms with Crippen molar-refractivity contribution in [2.45, 2.75) is 25.3 Å². The molecule has 1 aromatic heterocycles. The van der Waals surface area contributed by atoms with Crippen LogP contribution in [0.3, 0.4) is 0 Å². The van der Waals surface area contributed by atoms with E-state index in [2.05, 4.69) is 10.2 Å². The van der Waals surface area contributed by atoms with Crippen molar-refractivity contribution in [1.29, 1.82) is 0 Å². The van der Waals surface area contributed by atoms with Crippen molar-refractivity contribution in [2.24, 2.45) is 0 Å². The summed E-state index contributed by atoms with van der Waals surface area (Å²) in [6.07, 6.45) is 6.83. The number of nitrogen functional groups attached to an aromatic ring is 1.